The van der Waals surface area contributed by atoms with E-state index in [9.17, 15) is 0 Å². The molecule has 0 saturated carbocycles. The first-order valence-corrected chi connectivity index (χ1v) is 3.57. The molecule has 0 spiro atoms. The smallest absolute Gasteiger partial charge is 0.193 e. The Kier molecular flexibility index (Phi) is 2.22. The van der Waals surface area contributed by atoms with Crippen LogP contribution in [0.4, 0.5) is 5.69 Å². The highest BCUT2D eigenvalue weighted by Crippen LogP contribution is 2.24. The van der Waals surface area contributed by atoms with Crippen LogP contribution in [0.3, 0.4) is 0 Å². The fourth-order valence-electron chi connectivity index (χ4n) is 0.946. The van der Waals surface area contributed by atoms with Gasteiger partial charge in [0.05, 0.1) is 6.57 Å². The second-order valence-corrected chi connectivity index (χ2v) is 2.70. The molecule has 0 amide bonds. The van der Waals surface area contributed by atoms with Crippen molar-refractivity contribution in [3.05, 3.63) is 35.4 Å². The molecule has 1 aromatic heterocycles. The van der Waals surface area contributed by atoms with Crippen LogP contribution >= 0.6 is 0 Å². The second kappa shape index (κ2) is 3.16. The highest BCUT2D eigenvalue weighted by Gasteiger charge is 2.04. The lowest BCUT2D eigenvalue weighted by molar-refractivity contribution is 0.863. The van der Waals surface area contributed by atoms with E-state index in [2.05, 4.69) is 23.7 Å². The van der Waals surface area contributed by atoms with Gasteiger partial charge in [0.2, 0.25) is 0 Å². The Hall–Kier alpha value is -1.36. The minimum Gasteiger partial charge on any atom is -0.267 e. The molecule has 2 nitrogen and oxygen atoms in total. The van der Waals surface area contributed by atoms with E-state index < -0.39 is 0 Å². The molecule has 0 aliphatic heterocycles. The van der Waals surface area contributed by atoms with Crippen molar-refractivity contribution in [1.82, 2.24) is 4.98 Å². The third-order valence-corrected chi connectivity index (χ3v) is 1.57. The number of aromatic nitrogens is 1. The van der Waals surface area contributed by atoms with Gasteiger partial charge in [-0.25, -0.2) is 4.85 Å². The van der Waals surface area contributed by atoms with Gasteiger partial charge in [0.1, 0.15) is 0 Å². The zero-order valence-corrected chi connectivity index (χ0v) is 6.70. The highest BCUT2D eigenvalue weighted by molar-refractivity contribution is 5.51. The largest absolute Gasteiger partial charge is 0.267 e. The SMILES string of the molecule is [C-]#[N+]c1ccncc1C(C)C. The van der Waals surface area contributed by atoms with E-state index in [0.29, 0.717) is 5.92 Å². The van der Waals surface area contributed by atoms with Gasteiger partial charge < -0.3 is 0 Å². The van der Waals surface area contributed by atoms with Crippen LogP contribution in [0.15, 0.2) is 18.5 Å². The van der Waals surface area contributed by atoms with Gasteiger partial charge in [-0.15, -0.1) is 0 Å². The molecule has 0 aliphatic rings. The van der Waals surface area contributed by atoms with Crippen LogP contribution in [0.1, 0.15) is 25.3 Å². The van der Waals surface area contributed by atoms with Gasteiger partial charge in [-0.05, 0) is 17.5 Å². The molecule has 56 valence electrons. The van der Waals surface area contributed by atoms with Gasteiger partial charge in [0.15, 0.2) is 5.69 Å². The van der Waals surface area contributed by atoms with E-state index in [1.807, 2.05) is 0 Å². The quantitative estimate of drug-likeness (QED) is 0.557. The minimum atomic E-state index is 0.382. The lowest BCUT2D eigenvalue weighted by atomic mass is 10.0. The topological polar surface area (TPSA) is 17.2 Å². The summed E-state index contributed by atoms with van der Waals surface area (Å²) in [6, 6.07) is 1.75. The number of nitrogens with zero attached hydrogens (tertiary/aromatic N) is 2. The third kappa shape index (κ3) is 1.56. The standard InChI is InChI=1S/C9H10N2/c1-7(2)8-6-11-5-4-9(8)10-3/h4-7H,1-2H3. The molecule has 11 heavy (non-hydrogen) atoms. The Morgan fingerprint density at radius 3 is 2.73 bits per heavy atom. The molecule has 0 fully saturated rings. The van der Waals surface area contributed by atoms with Crippen LogP contribution in [0, 0.1) is 6.57 Å². The third-order valence-electron chi connectivity index (χ3n) is 1.57. The zero-order valence-electron chi connectivity index (χ0n) is 6.70. The van der Waals surface area contributed by atoms with Crippen LogP contribution in [-0.4, -0.2) is 4.98 Å². The molecule has 0 unspecified atom stereocenters. The summed E-state index contributed by atoms with van der Waals surface area (Å²) in [4.78, 5) is 7.37. The van der Waals surface area contributed by atoms with Crippen LogP contribution in [-0.2, 0) is 0 Å². The minimum absolute atomic E-state index is 0.382. The number of pyridine rings is 1. The predicted molar refractivity (Wildman–Crippen MR) is 44.6 cm³/mol. The summed E-state index contributed by atoms with van der Waals surface area (Å²) in [5.41, 5.74) is 1.75. The molecule has 0 radical (unpaired) electrons. The van der Waals surface area contributed by atoms with Crippen molar-refractivity contribution in [2.45, 2.75) is 19.8 Å². The molecule has 0 atom stereocenters. The fourth-order valence-corrected chi connectivity index (χ4v) is 0.946. The molecular weight excluding hydrogens is 136 g/mol. The van der Waals surface area contributed by atoms with Crippen molar-refractivity contribution in [1.29, 1.82) is 0 Å². The van der Waals surface area contributed by atoms with Crippen molar-refractivity contribution in [3.63, 3.8) is 0 Å². The van der Waals surface area contributed by atoms with E-state index in [1.165, 1.54) is 0 Å². The summed E-state index contributed by atoms with van der Waals surface area (Å²) >= 11 is 0. The predicted octanol–water partition coefficient (Wildman–Crippen LogP) is 2.76. The Balaban J connectivity index is 3.15. The Bertz CT molecular complexity index is 284. The van der Waals surface area contributed by atoms with Crippen LogP contribution < -0.4 is 0 Å². The lowest BCUT2D eigenvalue weighted by Crippen LogP contribution is -1.87. The molecule has 1 heterocycles. The molecule has 2 heteroatoms. The molecule has 0 saturated heterocycles. The average Bonchev–Trinajstić information content (AvgIpc) is 2.04. The molecular formula is C9H10N2. The van der Waals surface area contributed by atoms with Gasteiger partial charge in [-0.2, -0.15) is 0 Å². The zero-order chi connectivity index (χ0) is 8.27. The molecule has 0 aliphatic carbocycles. The van der Waals surface area contributed by atoms with E-state index in [0.717, 1.165) is 11.3 Å². The Labute approximate surface area is 66.7 Å². The fraction of sp³-hybridized carbons (Fsp3) is 0.333. The normalized spacial score (nSPS) is 9.64. The van der Waals surface area contributed by atoms with Gasteiger partial charge in [0.25, 0.3) is 0 Å². The number of rotatable bonds is 1. The van der Waals surface area contributed by atoms with E-state index in [1.54, 1.807) is 18.5 Å². The Morgan fingerprint density at radius 1 is 1.55 bits per heavy atom. The maximum absolute atomic E-state index is 6.88. The molecule has 0 N–H and O–H groups in total. The van der Waals surface area contributed by atoms with E-state index in [-0.39, 0.29) is 0 Å². The molecule has 0 aromatic carbocycles. The molecule has 1 rings (SSSR count). The van der Waals surface area contributed by atoms with Gasteiger partial charge in [0, 0.05) is 12.4 Å². The van der Waals surface area contributed by atoms with Gasteiger partial charge in [-0.1, -0.05) is 13.8 Å². The first-order valence-electron chi connectivity index (χ1n) is 3.57. The summed E-state index contributed by atoms with van der Waals surface area (Å²) in [7, 11) is 0. The summed E-state index contributed by atoms with van der Waals surface area (Å²) < 4.78 is 0. The van der Waals surface area contributed by atoms with Crippen molar-refractivity contribution in [2.75, 3.05) is 0 Å². The van der Waals surface area contributed by atoms with E-state index >= 15 is 0 Å². The molecule has 1 aromatic rings. The van der Waals surface area contributed by atoms with Gasteiger partial charge in [-0.3, -0.25) is 4.98 Å². The van der Waals surface area contributed by atoms with Crippen LogP contribution in [0.5, 0.6) is 0 Å². The second-order valence-electron chi connectivity index (χ2n) is 2.70. The van der Waals surface area contributed by atoms with Crippen molar-refractivity contribution in [3.8, 4) is 0 Å². The summed E-state index contributed by atoms with van der Waals surface area (Å²) in [6.07, 6.45) is 3.41. The summed E-state index contributed by atoms with van der Waals surface area (Å²) in [5, 5.41) is 0. The summed E-state index contributed by atoms with van der Waals surface area (Å²) in [5.74, 6) is 0.382. The average molecular weight is 146 g/mol. The Morgan fingerprint density at radius 2 is 2.27 bits per heavy atom. The highest BCUT2D eigenvalue weighted by atomic mass is 14.7. The maximum atomic E-state index is 6.88. The summed E-state index contributed by atoms with van der Waals surface area (Å²) in [6.45, 7) is 11.0. The van der Waals surface area contributed by atoms with Crippen molar-refractivity contribution < 1.29 is 0 Å². The first-order chi connectivity index (χ1) is 5.25. The number of hydrogen-bond donors (Lipinski definition) is 0. The molecule has 0 bridgehead atoms. The lowest BCUT2D eigenvalue weighted by Gasteiger charge is -2.04. The maximum Gasteiger partial charge on any atom is 0.193 e. The van der Waals surface area contributed by atoms with Crippen molar-refractivity contribution in [2.24, 2.45) is 0 Å². The van der Waals surface area contributed by atoms with Gasteiger partial charge >= 0.3 is 0 Å². The van der Waals surface area contributed by atoms with Crippen LogP contribution in [0.2, 0.25) is 0 Å². The van der Waals surface area contributed by atoms with Crippen molar-refractivity contribution >= 4 is 5.69 Å². The first kappa shape index (κ1) is 7.74. The number of hydrogen-bond acceptors (Lipinski definition) is 1. The van der Waals surface area contributed by atoms with Crippen LogP contribution in [0.25, 0.3) is 4.85 Å². The monoisotopic (exact) mass is 146 g/mol. The van der Waals surface area contributed by atoms with E-state index in [4.69, 9.17) is 6.57 Å².